The third-order valence-electron chi connectivity index (χ3n) is 2.27. The number of anilines is 1. The molecule has 0 aliphatic carbocycles. The summed E-state index contributed by atoms with van der Waals surface area (Å²) in [6.45, 7) is 1.99. The maximum atomic E-state index is 11.8. The molecule has 0 aliphatic rings. The molecular weight excluding hydrogens is 337 g/mol. The van der Waals surface area contributed by atoms with Crippen LogP contribution in [0.25, 0.3) is 0 Å². The number of halogens is 2. The van der Waals surface area contributed by atoms with Crippen LogP contribution in [0.1, 0.15) is 11.9 Å². The van der Waals surface area contributed by atoms with Crippen molar-refractivity contribution < 1.29 is 4.79 Å². The van der Waals surface area contributed by atoms with Crippen molar-refractivity contribution in [1.29, 1.82) is 0 Å². The minimum absolute atomic E-state index is 0.148. The Morgan fingerprint density at radius 2 is 2.20 bits per heavy atom. The zero-order chi connectivity index (χ0) is 14.5. The van der Waals surface area contributed by atoms with Crippen LogP contribution in [0.4, 0.5) is 5.13 Å². The standard InChI is InChI=1S/C12H11Cl2N3OS2/c1-2-11-16-17-12(20-11)15-10(18)6-19-9-5-7(13)3-4-8(9)14/h3-5H,2,6H2,1H3,(H,15,17,18). The summed E-state index contributed by atoms with van der Waals surface area (Å²) >= 11 is 14.6. The van der Waals surface area contributed by atoms with E-state index in [9.17, 15) is 4.79 Å². The number of hydrogen-bond donors (Lipinski definition) is 1. The number of nitrogens with one attached hydrogen (secondary N) is 1. The van der Waals surface area contributed by atoms with Gasteiger partial charge in [0.2, 0.25) is 11.0 Å². The van der Waals surface area contributed by atoms with Gasteiger partial charge in [-0.1, -0.05) is 41.5 Å². The second-order valence-corrected chi connectivity index (χ2v) is 6.69. The zero-order valence-electron chi connectivity index (χ0n) is 10.5. The van der Waals surface area contributed by atoms with Crippen LogP contribution >= 0.6 is 46.3 Å². The summed E-state index contributed by atoms with van der Waals surface area (Å²) in [7, 11) is 0. The number of nitrogens with zero attached hydrogens (tertiary/aromatic N) is 2. The van der Waals surface area contributed by atoms with Crippen LogP contribution in [0.2, 0.25) is 10.0 Å². The van der Waals surface area contributed by atoms with Crippen molar-refractivity contribution in [3.05, 3.63) is 33.3 Å². The van der Waals surface area contributed by atoms with Gasteiger partial charge in [-0.2, -0.15) is 0 Å². The lowest BCUT2D eigenvalue weighted by Gasteiger charge is -2.04. The fourth-order valence-electron chi connectivity index (χ4n) is 1.33. The van der Waals surface area contributed by atoms with Crippen LogP contribution in [-0.4, -0.2) is 21.9 Å². The van der Waals surface area contributed by atoms with E-state index in [2.05, 4.69) is 15.5 Å². The minimum Gasteiger partial charge on any atom is -0.300 e. The lowest BCUT2D eigenvalue weighted by atomic mass is 10.4. The number of thioether (sulfide) groups is 1. The maximum absolute atomic E-state index is 11.8. The number of aromatic nitrogens is 2. The Bertz CT molecular complexity index is 618. The monoisotopic (exact) mass is 347 g/mol. The van der Waals surface area contributed by atoms with Crippen molar-refractivity contribution in [2.24, 2.45) is 0 Å². The number of amides is 1. The van der Waals surface area contributed by atoms with Gasteiger partial charge in [0.15, 0.2) is 0 Å². The predicted molar refractivity (Wildman–Crippen MR) is 85.1 cm³/mol. The molecule has 0 atom stereocenters. The summed E-state index contributed by atoms with van der Waals surface area (Å²) in [4.78, 5) is 12.6. The first kappa shape index (κ1) is 15.6. The lowest BCUT2D eigenvalue weighted by molar-refractivity contribution is -0.113. The fourth-order valence-corrected chi connectivity index (χ4v) is 3.32. The zero-order valence-corrected chi connectivity index (χ0v) is 13.7. The Kier molecular flexibility index (Phi) is 5.65. The molecule has 8 heteroatoms. The highest BCUT2D eigenvalue weighted by atomic mass is 35.5. The van der Waals surface area contributed by atoms with Crippen molar-refractivity contribution in [1.82, 2.24) is 10.2 Å². The summed E-state index contributed by atoms with van der Waals surface area (Å²) in [5, 5.41) is 13.1. The molecule has 1 amide bonds. The first-order valence-corrected chi connectivity index (χ1v) is 8.34. The van der Waals surface area contributed by atoms with Crippen molar-refractivity contribution in [2.45, 2.75) is 18.2 Å². The van der Waals surface area contributed by atoms with Crippen LogP contribution in [0.5, 0.6) is 0 Å². The fraction of sp³-hybridized carbons (Fsp3) is 0.250. The van der Waals surface area contributed by atoms with Gasteiger partial charge in [0.25, 0.3) is 0 Å². The molecule has 0 spiro atoms. The van der Waals surface area contributed by atoms with Gasteiger partial charge in [0.1, 0.15) is 5.01 Å². The molecule has 106 valence electrons. The Labute approximate surface area is 134 Å². The van der Waals surface area contributed by atoms with E-state index in [1.807, 2.05) is 6.92 Å². The van der Waals surface area contributed by atoms with E-state index in [4.69, 9.17) is 23.2 Å². The van der Waals surface area contributed by atoms with E-state index < -0.39 is 0 Å². The van der Waals surface area contributed by atoms with Crippen molar-refractivity contribution >= 4 is 57.3 Å². The molecule has 4 nitrogen and oxygen atoms in total. The van der Waals surface area contributed by atoms with E-state index in [0.29, 0.717) is 15.2 Å². The molecule has 0 saturated carbocycles. The number of aryl methyl sites for hydroxylation is 1. The smallest absolute Gasteiger partial charge is 0.236 e. The first-order valence-electron chi connectivity index (χ1n) is 5.78. The van der Waals surface area contributed by atoms with Gasteiger partial charge in [0, 0.05) is 9.92 Å². The Morgan fingerprint density at radius 3 is 2.90 bits per heavy atom. The largest absolute Gasteiger partial charge is 0.300 e. The molecule has 0 fully saturated rings. The van der Waals surface area contributed by atoms with Crippen molar-refractivity contribution in [2.75, 3.05) is 11.1 Å². The van der Waals surface area contributed by atoms with Crippen LogP contribution in [0, 0.1) is 0 Å². The van der Waals surface area contributed by atoms with E-state index in [1.54, 1.807) is 18.2 Å². The molecule has 1 heterocycles. The molecule has 1 aromatic carbocycles. The molecule has 2 aromatic rings. The van der Waals surface area contributed by atoms with Gasteiger partial charge < -0.3 is 0 Å². The van der Waals surface area contributed by atoms with E-state index in [-0.39, 0.29) is 11.7 Å². The SMILES string of the molecule is CCc1nnc(NC(=O)CSc2cc(Cl)ccc2Cl)s1. The molecule has 2 rings (SSSR count). The Hall–Kier alpha value is -0.820. The summed E-state index contributed by atoms with van der Waals surface area (Å²) in [6.07, 6.45) is 0.806. The van der Waals surface area contributed by atoms with Crippen molar-refractivity contribution in [3.8, 4) is 0 Å². The number of rotatable bonds is 5. The molecule has 0 saturated heterocycles. The van der Waals surface area contributed by atoms with Crippen molar-refractivity contribution in [3.63, 3.8) is 0 Å². The second-order valence-electron chi connectivity index (χ2n) is 3.77. The summed E-state index contributed by atoms with van der Waals surface area (Å²) in [6, 6.07) is 5.16. The van der Waals surface area contributed by atoms with Gasteiger partial charge in [-0.15, -0.1) is 22.0 Å². The molecule has 0 aliphatic heterocycles. The van der Waals surface area contributed by atoms with Crippen LogP contribution in [-0.2, 0) is 11.2 Å². The quantitative estimate of drug-likeness (QED) is 0.825. The molecule has 1 aromatic heterocycles. The molecular formula is C12H11Cl2N3OS2. The highest BCUT2D eigenvalue weighted by Crippen LogP contribution is 2.29. The predicted octanol–water partition coefficient (Wildman–Crippen LogP) is 4.14. The Balaban J connectivity index is 1.90. The molecule has 0 bridgehead atoms. The number of benzene rings is 1. The third-order valence-corrected chi connectivity index (χ3v) is 4.98. The second kappa shape index (κ2) is 7.26. The van der Waals surface area contributed by atoms with E-state index in [1.165, 1.54) is 23.1 Å². The summed E-state index contributed by atoms with van der Waals surface area (Å²) in [5.74, 6) is 0.0889. The summed E-state index contributed by atoms with van der Waals surface area (Å²) < 4.78 is 0. The topological polar surface area (TPSA) is 54.9 Å². The summed E-state index contributed by atoms with van der Waals surface area (Å²) in [5.41, 5.74) is 0. The van der Waals surface area contributed by atoms with Gasteiger partial charge in [0.05, 0.1) is 10.8 Å². The molecule has 20 heavy (non-hydrogen) atoms. The number of hydrogen-bond acceptors (Lipinski definition) is 5. The molecule has 0 radical (unpaired) electrons. The maximum Gasteiger partial charge on any atom is 0.236 e. The van der Waals surface area contributed by atoms with Crippen LogP contribution in [0.3, 0.4) is 0 Å². The molecule has 1 N–H and O–H groups in total. The highest BCUT2D eigenvalue weighted by molar-refractivity contribution is 8.00. The normalized spacial score (nSPS) is 10.6. The van der Waals surface area contributed by atoms with Gasteiger partial charge in [-0.3, -0.25) is 10.1 Å². The minimum atomic E-state index is -0.148. The number of carbonyl (C=O) groups excluding carboxylic acids is 1. The average Bonchev–Trinajstić information content (AvgIpc) is 2.87. The van der Waals surface area contributed by atoms with E-state index >= 15 is 0 Å². The lowest BCUT2D eigenvalue weighted by Crippen LogP contribution is -2.13. The Morgan fingerprint density at radius 1 is 1.40 bits per heavy atom. The first-order chi connectivity index (χ1) is 9.58. The molecule has 0 unspecified atom stereocenters. The van der Waals surface area contributed by atoms with E-state index in [0.717, 1.165) is 16.3 Å². The van der Waals surface area contributed by atoms with Crippen LogP contribution in [0.15, 0.2) is 23.1 Å². The third kappa shape index (κ3) is 4.34. The van der Waals surface area contributed by atoms with Gasteiger partial charge in [-0.05, 0) is 24.6 Å². The number of carbonyl (C=O) groups is 1. The van der Waals surface area contributed by atoms with Gasteiger partial charge in [-0.25, -0.2) is 0 Å². The van der Waals surface area contributed by atoms with Crippen LogP contribution < -0.4 is 5.32 Å². The van der Waals surface area contributed by atoms with Gasteiger partial charge >= 0.3 is 0 Å². The average molecular weight is 348 g/mol. The highest BCUT2D eigenvalue weighted by Gasteiger charge is 2.09.